The van der Waals surface area contributed by atoms with Crippen molar-refractivity contribution in [2.75, 3.05) is 11.4 Å². The number of aliphatic hydroxyl groups excluding tert-OH is 1. The fourth-order valence-corrected chi connectivity index (χ4v) is 4.26. The standard InChI is InChI=1S/C31H26F7NO2/c1-2-20-5-3-7-26(15-20)41-27-8-4-6-25(17-27)39(18-22-16-24(31(36,37)38)13-14-28(22)32)19-29(40)21-9-11-23(12-10-21)30(33,34)35/h3-17,29,40H,2,18-19H2,1H3. The molecule has 0 amide bonds. The summed E-state index contributed by atoms with van der Waals surface area (Å²) in [5.74, 6) is 0.0619. The molecule has 0 spiro atoms. The molecule has 0 fully saturated rings. The maximum absolute atomic E-state index is 14.7. The third-order valence-corrected chi connectivity index (χ3v) is 6.48. The van der Waals surface area contributed by atoms with Gasteiger partial charge in [-0.15, -0.1) is 0 Å². The Labute approximate surface area is 232 Å². The molecule has 1 unspecified atom stereocenters. The number of anilines is 1. The van der Waals surface area contributed by atoms with Gasteiger partial charge in [0, 0.05) is 30.4 Å². The molecule has 1 atom stereocenters. The van der Waals surface area contributed by atoms with E-state index in [0.29, 0.717) is 29.3 Å². The molecule has 0 aromatic heterocycles. The molecule has 4 aromatic carbocycles. The SMILES string of the molecule is CCc1cccc(Oc2cccc(N(Cc3cc(C(F)(F)F)ccc3F)CC(O)c3ccc(C(F)(F)F)cc3)c2)c1. The summed E-state index contributed by atoms with van der Waals surface area (Å²) < 4.78 is 99.7. The summed E-state index contributed by atoms with van der Waals surface area (Å²) in [4.78, 5) is 1.44. The van der Waals surface area contributed by atoms with E-state index >= 15 is 0 Å². The molecule has 216 valence electrons. The van der Waals surface area contributed by atoms with Crippen LogP contribution in [0.1, 0.15) is 40.8 Å². The van der Waals surface area contributed by atoms with Gasteiger partial charge in [-0.2, -0.15) is 26.3 Å². The van der Waals surface area contributed by atoms with Gasteiger partial charge in [-0.1, -0.05) is 37.3 Å². The quantitative estimate of drug-likeness (QED) is 0.202. The molecule has 10 heteroatoms. The molecule has 3 nitrogen and oxygen atoms in total. The van der Waals surface area contributed by atoms with Gasteiger partial charge in [0.2, 0.25) is 0 Å². The smallest absolute Gasteiger partial charge is 0.416 e. The number of aryl methyl sites for hydroxylation is 1. The first-order chi connectivity index (χ1) is 19.3. The summed E-state index contributed by atoms with van der Waals surface area (Å²) in [7, 11) is 0. The molecule has 0 bridgehead atoms. The highest BCUT2D eigenvalue weighted by molar-refractivity contribution is 5.53. The average Bonchev–Trinajstić information content (AvgIpc) is 2.93. The van der Waals surface area contributed by atoms with Crippen LogP contribution >= 0.6 is 0 Å². The van der Waals surface area contributed by atoms with E-state index in [2.05, 4.69) is 0 Å². The third kappa shape index (κ3) is 7.79. The summed E-state index contributed by atoms with van der Waals surface area (Å²) in [6, 6.07) is 19.8. The molecule has 0 aliphatic heterocycles. The van der Waals surface area contributed by atoms with Crippen molar-refractivity contribution < 1.29 is 40.6 Å². The molecule has 4 rings (SSSR count). The van der Waals surface area contributed by atoms with E-state index in [0.717, 1.165) is 42.3 Å². The minimum absolute atomic E-state index is 0.149. The Hall–Kier alpha value is -4.05. The largest absolute Gasteiger partial charge is 0.457 e. The Balaban J connectivity index is 1.67. The van der Waals surface area contributed by atoms with Gasteiger partial charge >= 0.3 is 12.4 Å². The van der Waals surface area contributed by atoms with Crippen LogP contribution in [0.2, 0.25) is 0 Å². The minimum Gasteiger partial charge on any atom is -0.457 e. The van der Waals surface area contributed by atoms with Gasteiger partial charge in [0.05, 0.1) is 17.2 Å². The Bertz CT molecular complexity index is 1470. The van der Waals surface area contributed by atoms with Crippen LogP contribution in [-0.4, -0.2) is 11.7 Å². The first-order valence-electron chi connectivity index (χ1n) is 12.7. The van der Waals surface area contributed by atoms with Crippen molar-refractivity contribution in [3.05, 3.63) is 125 Å². The van der Waals surface area contributed by atoms with Gasteiger partial charge in [0.25, 0.3) is 0 Å². The third-order valence-electron chi connectivity index (χ3n) is 6.48. The van der Waals surface area contributed by atoms with E-state index in [4.69, 9.17) is 4.74 Å². The van der Waals surface area contributed by atoms with Gasteiger partial charge in [-0.3, -0.25) is 0 Å². The van der Waals surface area contributed by atoms with Gasteiger partial charge in [0.15, 0.2) is 0 Å². The van der Waals surface area contributed by atoms with Crippen molar-refractivity contribution in [2.24, 2.45) is 0 Å². The van der Waals surface area contributed by atoms with E-state index in [9.17, 15) is 35.8 Å². The van der Waals surface area contributed by atoms with E-state index in [1.165, 1.54) is 4.90 Å². The van der Waals surface area contributed by atoms with Crippen molar-refractivity contribution in [1.29, 1.82) is 0 Å². The molecule has 41 heavy (non-hydrogen) atoms. The predicted molar refractivity (Wildman–Crippen MR) is 141 cm³/mol. The lowest BCUT2D eigenvalue weighted by Crippen LogP contribution is -2.29. The van der Waals surface area contributed by atoms with E-state index in [1.54, 1.807) is 30.3 Å². The molecule has 1 N–H and O–H groups in total. The number of hydrogen-bond donors (Lipinski definition) is 1. The molecule has 0 saturated carbocycles. The number of aliphatic hydroxyl groups is 1. The molecular weight excluding hydrogens is 551 g/mol. The maximum atomic E-state index is 14.7. The van der Waals surface area contributed by atoms with Crippen molar-refractivity contribution in [3.63, 3.8) is 0 Å². The van der Waals surface area contributed by atoms with Crippen LogP contribution in [0.15, 0.2) is 91.0 Å². The second-order valence-electron chi connectivity index (χ2n) is 9.42. The van der Waals surface area contributed by atoms with E-state index in [1.807, 2.05) is 25.1 Å². The summed E-state index contributed by atoms with van der Waals surface area (Å²) in [6.07, 6.45) is -9.83. The van der Waals surface area contributed by atoms with Crippen LogP contribution in [0, 0.1) is 5.82 Å². The normalized spacial score (nSPS) is 12.7. The Morgan fingerprint density at radius 1 is 0.756 bits per heavy atom. The number of hydrogen-bond acceptors (Lipinski definition) is 3. The van der Waals surface area contributed by atoms with Crippen molar-refractivity contribution in [2.45, 2.75) is 38.3 Å². The van der Waals surface area contributed by atoms with E-state index in [-0.39, 0.29) is 24.2 Å². The highest BCUT2D eigenvalue weighted by atomic mass is 19.4. The Morgan fingerprint density at radius 3 is 2.00 bits per heavy atom. The number of benzene rings is 4. The van der Waals surface area contributed by atoms with Crippen molar-refractivity contribution >= 4 is 5.69 Å². The Kier molecular flexibility index (Phi) is 8.92. The summed E-state index contributed by atoms with van der Waals surface area (Å²) in [5, 5.41) is 10.9. The predicted octanol–water partition coefficient (Wildman–Crippen LogP) is 8.96. The fraction of sp³-hybridized carbons (Fsp3) is 0.226. The van der Waals surface area contributed by atoms with Gasteiger partial charge < -0.3 is 14.7 Å². The zero-order chi connectivity index (χ0) is 29.8. The van der Waals surface area contributed by atoms with Crippen LogP contribution in [-0.2, 0) is 25.3 Å². The zero-order valence-electron chi connectivity index (χ0n) is 21.8. The number of alkyl halides is 6. The van der Waals surface area contributed by atoms with Crippen LogP contribution < -0.4 is 9.64 Å². The van der Waals surface area contributed by atoms with E-state index < -0.39 is 35.4 Å². The van der Waals surface area contributed by atoms with Gasteiger partial charge in [0.1, 0.15) is 17.3 Å². The summed E-state index contributed by atoms with van der Waals surface area (Å²) in [6.45, 7) is 1.35. The lowest BCUT2D eigenvalue weighted by atomic mass is 10.0. The second kappa shape index (κ2) is 12.2. The molecule has 4 aromatic rings. The molecule has 0 aliphatic rings. The first kappa shape index (κ1) is 29.9. The maximum Gasteiger partial charge on any atom is 0.416 e. The topological polar surface area (TPSA) is 32.7 Å². The molecular formula is C31H26F7NO2. The highest BCUT2D eigenvalue weighted by Gasteiger charge is 2.32. The second-order valence-corrected chi connectivity index (χ2v) is 9.42. The number of rotatable bonds is 9. The van der Waals surface area contributed by atoms with Gasteiger partial charge in [-0.25, -0.2) is 4.39 Å². The highest BCUT2D eigenvalue weighted by Crippen LogP contribution is 2.34. The van der Waals surface area contributed by atoms with Crippen LogP contribution in [0.5, 0.6) is 11.5 Å². The summed E-state index contributed by atoms with van der Waals surface area (Å²) >= 11 is 0. The lowest BCUT2D eigenvalue weighted by Gasteiger charge is -2.28. The minimum atomic E-state index is -4.70. The van der Waals surface area contributed by atoms with Crippen LogP contribution in [0.25, 0.3) is 0 Å². The first-order valence-corrected chi connectivity index (χ1v) is 12.7. The van der Waals surface area contributed by atoms with Crippen LogP contribution in [0.4, 0.5) is 36.4 Å². The van der Waals surface area contributed by atoms with Crippen LogP contribution in [0.3, 0.4) is 0 Å². The number of halogens is 7. The van der Waals surface area contributed by atoms with Crippen molar-refractivity contribution in [1.82, 2.24) is 0 Å². The summed E-state index contributed by atoms with van der Waals surface area (Å²) in [5.41, 5.74) is -0.632. The van der Waals surface area contributed by atoms with Crippen molar-refractivity contribution in [3.8, 4) is 11.5 Å². The monoisotopic (exact) mass is 577 g/mol. The molecule has 0 radical (unpaired) electrons. The molecule has 0 aliphatic carbocycles. The molecule has 0 saturated heterocycles. The lowest BCUT2D eigenvalue weighted by molar-refractivity contribution is -0.138. The van der Waals surface area contributed by atoms with Gasteiger partial charge in [-0.05, 0) is 72.1 Å². The molecule has 0 heterocycles. The zero-order valence-corrected chi connectivity index (χ0v) is 21.8. The Morgan fingerprint density at radius 2 is 1.37 bits per heavy atom. The number of ether oxygens (including phenoxy) is 1. The number of nitrogens with zero attached hydrogens (tertiary/aromatic N) is 1. The fourth-order valence-electron chi connectivity index (χ4n) is 4.26. The average molecular weight is 578 g/mol.